The first kappa shape index (κ1) is 23.5. The van der Waals surface area contributed by atoms with Crippen molar-refractivity contribution in [3.63, 3.8) is 0 Å². The highest BCUT2D eigenvalue weighted by molar-refractivity contribution is 7.98. The number of rotatable bonds is 5. The number of nitrogens with zero attached hydrogens (tertiary/aromatic N) is 4. The maximum absolute atomic E-state index is 13.4. The first-order valence-corrected chi connectivity index (χ1v) is 13.5. The number of aromatic nitrogens is 4. The van der Waals surface area contributed by atoms with Crippen LogP contribution >= 0.6 is 11.8 Å². The minimum Gasteiger partial charge on any atom is -0.305 e. The number of carbonyl (C=O) groups excluding carboxylic acids is 1. The first-order chi connectivity index (χ1) is 15.5. The summed E-state index contributed by atoms with van der Waals surface area (Å²) in [5.74, 6) is -0.269. The summed E-state index contributed by atoms with van der Waals surface area (Å²) in [6, 6.07) is 7.26. The Morgan fingerprint density at radius 1 is 1.24 bits per heavy atom. The van der Waals surface area contributed by atoms with Crippen LogP contribution in [0.25, 0.3) is 5.69 Å². The molecule has 1 N–H and O–H groups in total. The fourth-order valence-electron chi connectivity index (χ4n) is 3.76. The van der Waals surface area contributed by atoms with E-state index >= 15 is 0 Å². The molecule has 0 aliphatic carbocycles. The first-order valence-electron chi connectivity index (χ1n) is 10.5. The van der Waals surface area contributed by atoms with Gasteiger partial charge in [0.05, 0.1) is 29.4 Å². The molecular weight excluding hydrogens is 465 g/mol. The molecule has 33 heavy (non-hydrogen) atoms. The zero-order valence-corrected chi connectivity index (χ0v) is 20.5. The van der Waals surface area contributed by atoms with Crippen LogP contribution in [0.5, 0.6) is 0 Å². The molecule has 0 unspecified atom stereocenters. The second-order valence-electron chi connectivity index (χ2n) is 9.06. The zero-order valence-electron chi connectivity index (χ0n) is 18.9. The average molecular weight is 492 g/mol. The third-order valence-corrected chi connectivity index (χ3v) is 7.93. The van der Waals surface area contributed by atoms with Gasteiger partial charge in [-0.3, -0.25) is 9.36 Å². The van der Waals surface area contributed by atoms with Crippen molar-refractivity contribution in [2.45, 2.75) is 43.8 Å². The van der Waals surface area contributed by atoms with E-state index < -0.39 is 15.7 Å². The maximum atomic E-state index is 13.4. The van der Waals surface area contributed by atoms with E-state index in [1.807, 2.05) is 27.0 Å². The molecule has 4 rings (SSSR count). The lowest BCUT2D eigenvalue weighted by atomic mass is 9.92. The van der Waals surface area contributed by atoms with Crippen LogP contribution in [0.3, 0.4) is 0 Å². The van der Waals surface area contributed by atoms with Crippen molar-refractivity contribution < 1.29 is 17.6 Å². The average Bonchev–Trinajstić information content (AvgIpc) is 3.44. The second-order valence-corrected chi connectivity index (χ2v) is 12.1. The summed E-state index contributed by atoms with van der Waals surface area (Å²) in [6.45, 7) is 6.01. The Morgan fingerprint density at radius 3 is 2.52 bits per heavy atom. The van der Waals surface area contributed by atoms with Crippen molar-refractivity contribution in [1.29, 1.82) is 0 Å². The molecule has 1 aromatic carbocycles. The second kappa shape index (κ2) is 8.60. The summed E-state index contributed by atoms with van der Waals surface area (Å²) in [6.07, 6.45) is 3.76. The molecule has 0 bridgehead atoms. The number of nitrogens with one attached hydrogen (secondary N) is 1. The van der Waals surface area contributed by atoms with Gasteiger partial charge in [-0.25, -0.2) is 22.5 Å². The van der Waals surface area contributed by atoms with Crippen molar-refractivity contribution in [3.05, 3.63) is 53.7 Å². The minimum absolute atomic E-state index is 0.00866. The number of amides is 1. The van der Waals surface area contributed by atoms with Gasteiger partial charge in [-0.15, -0.1) is 0 Å². The smallest absolute Gasteiger partial charge is 0.275 e. The highest BCUT2D eigenvalue weighted by Crippen LogP contribution is 2.31. The van der Waals surface area contributed by atoms with Gasteiger partial charge in [-0.1, -0.05) is 32.5 Å². The van der Waals surface area contributed by atoms with Crippen LogP contribution in [-0.4, -0.2) is 51.4 Å². The molecule has 1 fully saturated rings. The van der Waals surface area contributed by atoms with E-state index in [4.69, 9.17) is 0 Å². The van der Waals surface area contributed by atoms with E-state index in [1.165, 1.54) is 30.1 Å². The van der Waals surface area contributed by atoms with E-state index in [0.29, 0.717) is 23.1 Å². The van der Waals surface area contributed by atoms with Crippen LogP contribution < -0.4 is 5.32 Å². The molecule has 1 saturated heterocycles. The quantitative estimate of drug-likeness (QED) is 0.545. The Morgan fingerprint density at radius 2 is 1.94 bits per heavy atom. The van der Waals surface area contributed by atoms with Crippen molar-refractivity contribution in [3.8, 4) is 5.69 Å². The van der Waals surface area contributed by atoms with Gasteiger partial charge in [-0.2, -0.15) is 5.10 Å². The molecule has 8 nitrogen and oxygen atoms in total. The standard InChI is InChI=1S/C22H26FN5O3S2/c1-22(2,3)18-11-19(28(26-18)16-9-10-33(30,31)13-16)25-20(29)17-12-24-21(32-4)27(17)15-7-5-14(23)6-8-15/h5-8,11-12,16H,9-10,13H2,1-4H3,(H,25,29)/t16-/m0/s1. The summed E-state index contributed by atoms with van der Waals surface area (Å²) < 4.78 is 40.9. The largest absolute Gasteiger partial charge is 0.305 e. The number of benzene rings is 1. The summed E-state index contributed by atoms with van der Waals surface area (Å²) in [4.78, 5) is 17.7. The Labute approximate surface area is 196 Å². The molecule has 0 saturated carbocycles. The van der Waals surface area contributed by atoms with Gasteiger partial charge in [0.25, 0.3) is 5.91 Å². The van der Waals surface area contributed by atoms with Gasteiger partial charge < -0.3 is 5.32 Å². The SMILES string of the molecule is CSc1ncc(C(=O)Nc2cc(C(C)(C)C)nn2[C@H]2CCS(=O)(=O)C2)n1-c1ccc(F)cc1. The Bertz CT molecular complexity index is 1290. The lowest BCUT2D eigenvalue weighted by molar-refractivity contribution is 0.101. The highest BCUT2D eigenvalue weighted by atomic mass is 32.2. The topological polar surface area (TPSA) is 98.9 Å². The van der Waals surface area contributed by atoms with Gasteiger partial charge in [0.2, 0.25) is 0 Å². The molecule has 3 heterocycles. The van der Waals surface area contributed by atoms with Gasteiger partial charge in [0.15, 0.2) is 15.0 Å². The van der Waals surface area contributed by atoms with Crippen LogP contribution in [0.1, 0.15) is 49.4 Å². The molecule has 1 aliphatic heterocycles. The predicted molar refractivity (Wildman–Crippen MR) is 126 cm³/mol. The maximum Gasteiger partial charge on any atom is 0.275 e. The van der Waals surface area contributed by atoms with Gasteiger partial charge in [-0.05, 0) is 36.9 Å². The fourth-order valence-corrected chi connectivity index (χ4v) is 6.00. The number of halogens is 1. The van der Waals surface area contributed by atoms with Gasteiger partial charge in [0, 0.05) is 17.2 Å². The summed E-state index contributed by atoms with van der Waals surface area (Å²) in [7, 11) is -3.13. The van der Waals surface area contributed by atoms with Crippen molar-refractivity contribution >= 4 is 33.3 Å². The highest BCUT2D eigenvalue weighted by Gasteiger charge is 2.33. The van der Waals surface area contributed by atoms with Crippen LogP contribution in [0.15, 0.2) is 41.7 Å². The number of carbonyl (C=O) groups is 1. The predicted octanol–water partition coefficient (Wildman–Crippen LogP) is 3.84. The Balaban J connectivity index is 1.71. The molecule has 0 radical (unpaired) electrons. The van der Waals surface area contributed by atoms with E-state index in [-0.39, 0.29) is 34.5 Å². The number of sulfone groups is 1. The minimum atomic E-state index is -3.13. The normalized spacial score (nSPS) is 17.9. The molecule has 176 valence electrons. The fraction of sp³-hybridized carbons (Fsp3) is 0.409. The van der Waals surface area contributed by atoms with E-state index in [2.05, 4.69) is 15.4 Å². The Hall–Kier alpha value is -2.66. The van der Waals surface area contributed by atoms with Crippen molar-refractivity contribution in [2.24, 2.45) is 0 Å². The molecule has 1 aliphatic rings. The van der Waals surface area contributed by atoms with Crippen LogP contribution in [0.2, 0.25) is 0 Å². The lowest BCUT2D eigenvalue weighted by Crippen LogP contribution is -2.21. The monoisotopic (exact) mass is 491 g/mol. The molecule has 11 heteroatoms. The van der Waals surface area contributed by atoms with Crippen molar-refractivity contribution in [1.82, 2.24) is 19.3 Å². The molecule has 0 spiro atoms. The summed E-state index contributed by atoms with van der Waals surface area (Å²) >= 11 is 1.36. The molecular formula is C22H26FN5O3S2. The third kappa shape index (κ3) is 4.84. The number of hydrogen-bond acceptors (Lipinski definition) is 6. The van der Waals surface area contributed by atoms with Crippen molar-refractivity contribution in [2.75, 3.05) is 23.1 Å². The molecule has 3 aromatic rings. The zero-order chi connectivity index (χ0) is 24.0. The third-order valence-electron chi connectivity index (χ3n) is 5.53. The van der Waals surface area contributed by atoms with Crippen LogP contribution in [-0.2, 0) is 15.3 Å². The number of thioether (sulfide) groups is 1. The number of imidazole rings is 1. The van der Waals surface area contributed by atoms with E-state index in [1.54, 1.807) is 27.4 Å². The van der Waals surface area contributed by atoms with E-state index in [0.717, 1.165) is 5.69 Å². The van der Waals surface area contributed by atoms with Gasteiger partial charge >= 0.3 is 0 Å². The van der Waals surface area contributed by atoms with Crippen LogP contribution in [0, 0.1) is 5.82 Å². The molecule has 1 amide bonds. The Kier molecular flexibility index (Phi) is 6.12. The summed E-state index contributed by atoms with van der Waals surface area (Å²) in [5, 5.41) is 8.14. The molecule has 1 atom stereocenters. The van der Waals surface area contributed by atoms with Gasteiger partial charge in [0.1, 0.15) is 17.3 Å². The number of hydrogen-bond donors (Lipinski definition) is 1. The summed E-state index contributed by atoms with van der Waals surface area (Å²) in [5.41, 5.74) is 1.34. The lowest BCUT2D eigenvalue weighted by Gasteiger charge is -2.16. The van der Waals surface area contributed by atoms with Crippen LogP contribution in [0.4, 0.5) is 10.2 Å². The van der Waals surface area contributed by atoms with E-state index in [9.17, 15) is 17.6 Å². The molecule has 2 aromatic heterocycles. The number of anilines is 1.